The summed E-state index contributed by atoms with van der Waals surface area (Å²) in [6, 6.07) is 1.62. The molecular formula is C28H43F2NO3. The third-order valence-electron chi connectivity index (χ3n) is 6.78. The fourth-order valence-electron chi connectivity index (χ4n) is 4.64. The summed E-state index contributed by atoms with van der Waals surface area (Å²) in [5.74, 6) is -3.02. The van der Waals surface area contributed by atoms with Gasteiger partial charge in [0, 0.05) is 6.54 Å². The van der Waals surface area contributed by atoms with Gasteiger partial charge in [0.05, 0.1) is 6.61 Å². The summed E-state index contributed by atoms with van der Waals surface area (Å²) >= 11 is 0. The number of unbranched alkanes of at least 4 members (excludes halogenated alkanes) is 12. The fourth-order valence-corrected chi connectivity index (χ4v) is 4.64. The van der Waals surface area contributed by atoms with Crippen LogP contribution in [0.4, 0.5) is 8.78 Å². The molecule has 1 fully saturated rings. The summed E-state index contributed by atoms with van der Waals surface area (Å²) in [6.45, 7) is 4.35. The first-order valence-corrected chi connectivity index (χ1v) is 13.4. The Hall–Kier alpha value is -1.98. The highest BCUT2D eigenvalue weighted by Crippen LogP contribution is 2.25. The van der Waals surface area contributed by atoms with Crippen molar-refractivity contribution in [3.8, 4) is 0 Å². The predicted octanol–water partition coefficient (Wildman–Crippen LogP) is 7.51. The third kappa shape index (κ3) is 8.99. The van der Waals surface area contributed by atoms with E-state index in [0.717, 1.165) is 25.3 Å². The predicted molar refractivity (Wildman–Crippen MR) is 132 cm³/mol. The smallest absolute Gasteiger partial charge is 0.328 e. The number of esters is 1. The van der Waals surface area contributed by atoms with Crippen LogP contribution in [-0.2, 0) is 9.53 Å². The summed E-state index contributed by atoms with van der Waals surface area (Å²) in [5, 5.41) is 0. The molecule has 34 heavy (non-hydrogen) atoms. The lowest BCUT2D eigenvalue weighted by Crippen LogP contribution is -2.42. The molecule has 4 nitrogen and oxygen atoms in total. The first-order chi connectivity index (χ1) is 16.5. The molecule has 1 aliphatic rings. The molecule has 1 heterocycles. The van der Waals surface area contributed by atoms with Gasteiger partial charge in [0.2, 0.25) is 0 Å². The van der Waals surface area contributed by atoms with E-state index in [0.29, 0.717) is 26.0 Å². The Morgan fingerprint density at radius 2 is 1.47 bits per heavy atom. The van der Waals surface area contributed by atoms with E-state index in [9.17, 15) is 18.4 Å². The molecule has 0 N–H and O–H groups in total. The molecular weight excluding hydrogens is 436 g/mol. The zero-order chi connectivity index (χ0) is 24.8. The van der Waals surface area contributed by atoms with E-state index >= 15 is 0 Å². The number of aryl methyl sites for hydroxylation is 1. The van der Waals surface area contributed by atoms with Crippen LogP contribution in [0.5, 0.6) is 0 Å². The molecule has 1 aromatic rings. The first kappa shape index (κ1) is 28.3. The van der Waals surface area contributed by atoms with Crippen molar-refractivity contribution in [3.05, 3.63) is 34.9 Å². The largest absolute Gasteiger partial charge is 0.464 e. The van der Waals surface area contributed by atoms with Crippen LogP contribution in [0.15, 0.2) is 12.1 Å². The number of carbonyl (C=O) groups is 2. The van der Waals surface area contributed by atoms with Crippen LogP contribution in [0.2, 0.25) is 0 Å². The van der Waals surface area contributed by atoms with Crippen LogP contribution in [0.1, 0.15) is 119 Å². The Bertz CT molecular complexity index is 768. The number of likely N-dealkylation sites (tertiary alicyclic amines) is 1. The van der Waals surface area contributed by atoms with Crippen LogP contribution >= 0.6 is 0 Å². The minimum absolute atomic E-state index is 0.200. The van der Waals surface area contributed by atoms with E-state index in [-0.39, 0.29) is 5.56 Å². The van der Waals surface area contributed by atoms with Crippen molar-refractivity contribution >= 4 is 11.9 Å². The summed E-state index contributed by atoms with van der Waals surface area (Å²) in [6.07, 6.45) is 17.2. The van der Waals surface area contributed by atoms with Crippen molar-refractivity contribution in [2.75, 3.05) is 13.2 Å². The number of nitrogens with zero attached hydrogens (tertiary/aromatic N) is 1. The van der Waals surface area contributed by atoms with Crippen molar-refractivity contribution in [1.82, 2.24) is 4.90 Å². The van der Waals surface area contributed by atoms with E-state index in [1.165, 1.54) is 82.1 Å². The van der Waals surface area contributed by atoms with Gasteiger partial charge in [-0.25, -0.2) is 13.6 Å². The lowest BCUT2D eigenvalue weighted by molar-refractivity contribution is -0.148. The average Bonchev–Trinajstić information content (AvgIpc) is 3.32. The monoisotopic (exact) mass is 479 g/mol. The number of hydrogen-bond acceptors (Lipinski definition) is 3. The molecule has 1 amide bonds. The zero-order valence-electron chi connectivity index (χ0n) is 21.2. The molecule has 1 atom stereocenters. The highest BCUT2D eigenvalue weighted by atomic mass is 19.1. The van der Waals surface area contributed by atoms with E-state index in [4.69, 9.17) is 4.74 Å². The molecule has 1 saturated heterocycles. The lowest BCUT2D eigenvalue weighted by Gasteiger charge is -2.24. The molecule has 0 aromatic heterocycles. The van der Waals surface area contributed by atoms with E-state index in [2.05, 4.69) is 6.92 Å². The van der Waals surface area contributed by atoms with Crippen molar-refractivity contribution in [2.45, 2.75) is 116 Å². The van der Waals surface area contributed by atoms with Crippen LogP contribution in [0.3, 0.4) is 0 Å². The molecule has 0 bridgehead atoms. The average molecular weight is 480 g/mol. The molecule has 0 radical (unpaired) electrons. The molecule has 0 aliphatic carbocycles. The lowest BCUT2D eigenvalue weighted by atomic mass is 10.0. The number of benzene rings is 1. The van der Waals surface area contributed by atoms with Crippen molar-refractivity contribution in [2.24, 2.45) is 0 Å². The molecule has 0 spiro atoms. The van der Waals surface area contributed by atoms with E-state index in [1.807, 2.05) is 0 Å². The standard InChI is InChI=1S/C28H43F2NO3/c1-3-4-5-6-7-8-9-10-11-12-13-14-15-21-34-28(33)24-17-16-20-31(24)27(32)25-23(29)19-18-22(2)26(25)30/h18-19,24H,3-17,20-21H2,1-2H3. The normalized spacial score (nSPS) is 15.6. The van der Waals surface area contributed by atoms with Gasteiger partial charge in [-0.15, -0.1) is 0 Å². The topological polar surface area (TPSA) is 46.6 Å². The summed E-state index contributed by atoms with van der Waals surface area (Å²) < 4.78 is 33.9. The fraction of sp³-hybridized carbons (Fsp3) is 0.714. The maximum Gasteiger partial charge on any atom is 0.328 e. The second-order valence-corrected chi connectivity index (χ2v) is 9.62. The number of hydrogen-bond donors (Lipinski definition) is 0. The highest BCUT2D eigenvalue weighted by Gasteiger charge is 2.37. The maximum absolute atomic E-state index is 14.4. The zero-order valence-corrected chi connectivity index (χ0v) is 21.2. The molecule has 192 valence electrons. The molecule has 1 aromatic carbocycles. The van der Waals surface area contributed by atoms with Crippen LogP contribution in [0.25, 0.3) is 0 Å². The third-order valence-corrected chi connectivity index (χ3v) is 6.78. The van der Waals surface area contributed by atoms with Crippen LogP contribution in [-0.4, -0.2) is 36.0 Å². The number of amides is 1. The second-order valence-electron chi connectivity index (χ2n) is 9.62. The number of rotatable bonds is 16. The Morgan fingerprint density at radius 3 is 2.06 bits per heavy atom. The molecule has 1 aliphatic heterocycles. The Labute approximate surface area is 204 Å². The van der Waals surface area contributed by atoms with Crippen molar-refractivity contribution in [3.63, 3.8) is 0 Å². The van der Waals surface area contributed by atoms with Gasteiger partial charge in [0.1, 0.15) is 23.2 Å². The number of carbonyl (C=O) groups excluding carboxylic acids is 2. The summed E-state index contributed by atoms with van der Waals surface area (Å²) in [4.78, 5) is 26.6. The Balaban J connectivity index is 1.60. The van der Waals surface area contributed by atoms with Gasteiger partial charge >= 0.3 is 5.97 Å². The van der Waals surface area contributed by atoms with E-state index in [1.54, 1.807) is 0 Å². The highest BCUT2D eigenvalue weighted by molar-refractivity contribution is 5.97. The van der Waals surface area contributed by atoms with Gasteiger partial charge in [-0.3, -0.25) is 4.79 Å². The number of halogens is 2. The summed E-state index contributed by atoms with van der Waals surface area (Å²) in [7, 11) is 0. The van der Waals surface area contributed by atoms with Crippen molar-refractivity contribution in [1.29, 1.82) is 0 Å². The van der Waals surface area contributed by atoms with Gasteiger partial charge in [-0.1, -0.05) is 90.0 Å². The Kier molecular flexibility index (Phi) is 13.2. The SMILES string of the molecule is CCCCCCCCCCCCCCCOC(=O)C1CCCN1C(=O)c1c(F)ccc(C)c1F. The van der Waals surface area contributed by atoms with Gasteiger partial charge in [0.25, 0.3) is 5.91 Å². The minimum Gasteiger partial charge on any atom is -0.464 e. The molecule has 6 heteroatoms. The number of ether oxygens (including phenoxy) is 1. The van der Waals surface area contributed by atoms with Gasteiger partial charge in [0.15, 0.2) is 0 Å². The van der Waals surface area contributed by atoms with Crippen LogP contribution in [0, 0.1) is 18.6 Å². The second kappa shape index (κ2) is 15.8. The summed E-state index contributed by atoms with van der Waals surface area (Å²) in [5.41, 5.74) is -0.387. The quantitative estimate of drug-likeness (QED) is 0.182. The van der Waals surface area contributed by atoms with Gasteiger partial charge in [-0.2, -0.15) is 0 Å². The van der Waals surface area contributed by atoms with Crippen LogP contribution < -0.4 is 0 Å². The molecule has 0 saturated carbocycles. The van der Waals surface area contributed by atoms with E-state index < -0.39 is 35.1 Å². The van der Waals surface area contributed by atoms with Gasteiger partial charge in [-0.05, 0) is 37.8 Å². The molecule has 1 unspecified atom stereocenters. The van der Waals surface area contributed by atoms with Gasteiger partial charge < -0.3 is 9.64 Å². The minimum atomic E-state index is -0.904. The Morgan fingerprint density at radius 1 is 0.912 bits per heavy atom. The first-order valence-electron chi connectivity index (χ1n) is 13.4. The van der Waals surface area contributed by atoms with Crippen molar-refractivity contribution < 1.29 is 23.1 Å². The maximum atomic E-state index is 14.4. The molecule has 2 rings (SSSR count).